The second-order valence-electron chi connectivity index (χ2n) is 6.30. The van der Waals surface area contributed by atoms with Crippen molar-refractivity contribution in [2.75, 3.05) is 6.61 Å². The van der Waals surface area contributed by atoms with Crippen LogP contribution in [0, 0.1) is 0 Å². The number of carbonyl (C=O) groups excluding carboxylic acids is 2. The van der Waals surface area contributed by atoms with Gasteiger partial charge in [0, 0.05) is 12.5 Å². The van der Waals surface area contributed by atoms with E-state index >= 15 is 0 Å². The zero-order valence-electron chi connectivity index (χ0n) is 15.1. The summed E-state index contributed by atoms with van der Waals surface area (Å²) in [5, 5.41) is 7.14. The second kappa shape index (κ2) is 8.50. The number of hydrogen-bond donors (Lipinski definition) is 1. The van der Waals surface area contributed by atoms with Crippen LogP contribution >= 0.6 is 15.9 Å². The number of halogens is 1. The highest BCUT2D eigenvalue weighted by atomic mass is 79.9. The molecule has 1 rings (SSSR count). The van der Waals surface area contributed by atoms with Gasteiger partial charge in [0.15, 0.2) is 0 Å². The van der Waals surface area contributed by atoms with Crippen LogP contribution in [-0.4, -0.2) is 44.7 Å². The van der Waals surface area contributed by atoms with Crippen LogP contribution in [-0.2, 0) is 16.1 Å². The second-order valence-corrected chi connectivity index (χ2v) is 7.41. The molecule has 0 saturated heterocycles. The third-order valence-electron chi connectivity index (χ3n) is 3.25. The van der Waals surface area contributed by atoms with Crippen molar-refractivity contribution in [2.45, 2.75) is 64.6 Å². The van der Waals surface area contributed by atoms with Crippen molar-refractivity contribution in [1.29, 1.82) is 0 Å². The number of aromatic nitrogens is 2. The quantitative estimate of drug-likeness (QED) is 0.532. The van der Waals surface area contributed by atoms with Gasteiger partial charge in [0.2, 0.25) is 11.8 Å². The summed E-state index contributed by atoms with van der Waals surface area (Å²) >= 11 is 3.59. The van der Waals surface area contributed by atoms with Gasteiger partial charge in [-0.1, -0.05) is 15.9 Å². The van der Waals surface area contributed by atoms with Gasteiger partial charge in [-0.05, 0) is 34.6 Å². The molecule has 0 aromatic carbocycles. The smallest absolute Gasteiger partial charge is 0.345 e. The van der Waals surface area contributed by atoms with Crippen LogP contribution in [0.4, 0.5) is 0 Å². The van der Waals surface area contributed by atoms with Gasteiger partial charge in [-0.3, -0.25) is 4.79 Å². The minimum absolute atomic E-state index is 0.115. The minimum Gasteiger partial charge on any atom is -0.474 e. The molecule has 0 radical (unpaired) electrons. The molecule has 0 bridgehead atoms. The molecule has 0 spiro atoms. The Bertz CT molecular complexity index is 584. The molecule has 24 heavy (non-hydrogen) atoms. The molecule has 1 heterocycles. The first-order chi connectivity index (χ1) is 11.1. The highest BCUT2D eigenvalue weighted by molar-refractivity contribution is 9.09. The molecule has 0 saturated carbocycles. The van der Waals surface area contributed by atoms with Gasteiger partial charge in [-0.2, -0.15) is 5.10 Å². The lowest BCUT2D eigenvalue weighted by Gasteiger charge is -2.31. The Kier molecular flexibility index (Phi) is 7.26. The van der Waals surface area contributed by atoms with Crippen LogP contribution in [0.2, 0.25) is 0 Å². The van der Waals surface area contributed by atoms with E-state index in [1.54, 1.807) is 11.6 Å². The normalized spacial score (nSPS) is 12.8. The molecule has 1 amide bonds. The van der Waals surface area contributed by atoms with Crippen LogP contribution < -0.4 is 10.1 Å². The van der Waals surface area contributed by atoms with E-state index in [9.17, 15) is 9.59 Å². The SMILES string of the molecule is CCOC(=O)c1cnn(CC(Br)C(C)(C)NC(C)=O)c1OC(C)C. The van der Waals surface area contributed by atoms with Crippen molar-refractivity contribution in [1.82, 2.24) is 15.1 Å². The molecule has 1 atom stereocenters. The van der Waals surface area contributed by atoms with Crippen LogP contribution in [0.15, 0.2) is 6.20 Å². The zero-order chi connectivity index (χ0) is 18.5. The van der Waals surface area contributed by atoms with E-state index in [4.69, 9.17) is 9.47 Å². The topological polar surface area (TPSA) is 82.5 Å². The summed E-state index contributed by atoms with van der Waals surface area (Å²) in [4.78, 5) is 23.3. The van der Waals surface area contributed by atoms with E-state index in [0.717, 1.165) is 0 Å². The Morgan fingerprint density at radius 3 is 2.54 bits per heavy atom. The Balaban J connectivity index is 3.06. The fraction of sp³-hybridized carbons (Fsp3) is 0.688. The Morgan fingerprint density at radius 2 is 2.04 bits per heavy atom. The van der Waals surface area contributed by atoms with E-state index in [2.05, 4.69) is 26.3 Å². The number of rotatable bonds is 8. The summed E-state index contributed by atoms with van der Waals surface area (Å²) in [7, 11) is 0. The zero-order valence-corrected chi connectivity index (χ0v) is 16.6. The summed E-state index contributed by atoms with van der Waals surface area (Å²) in [6.45, 7) is 11.5. The molecule has 7 nitrogen and oxygen atoms in total. The molecule has 1 aromatic heterocycles. The lowest BCUT2D eigenvalue weighted by Crippen LogP contribution is -2.50. The largest absolute Gasteiger partial charge is 0.474 e. The molecule has 0 fully saturated rings. The number of carbonyl (C=O) groups is 2. The maximum Gasteiger partial charge on any atom is 0.345 e. The number of amides is 1. The first kappa shape index (κ1) is 20.5. The summed E-state index contributed by atoms with van der Waals surface area (Å²) in [6, 6.07) is 0. The third-order valence-corrected chi connectivity index (χ3v) is 4.68. The number of esters is 1. The molecule has 0 aliphatic heterocycles. The van der Waals surface area contributed by atoms with Gasteiger partial charge in [-0.15, -0.1) is 0 Å². The Labute approximate surface area is 151 Å². The van der Waals surface area contributed by atoms with Crippen molar-refractivity contribution >= 4 is 27.8 Å². The van der Waals surface area contributed by atoms with E-state index in [1.165, 1.54) is 13.1 Å². The molecular formula is C16H26BrN3O4. The Morgan fingerprint density at radius 1 is 1.42 bits per heavy atom. The predicted molar refractivity (Wildman–Crippen MR) is 94.6 cm³/mol. The number of nitrogens with one attached hydrogen (secondary N) is 1. The van der Waals surface area contributed by atoms with E-state index in [0.29, 0.717) is 18.0 Å². The fourth-order valence-electron chi connectivity index (χ4n) is 2.11. The number of alkyl halides is 1. The average molecular weight is 404 g/mol. The summed E-state index contributed by atoms with van der Waals surface area (Å²) in [5.41, 5.74) is -0.209. The van der Waals surface area contributed by atoms with E-state index in [1.807, 2.05) is 27.7 Å². The molecule has 1 unspecified atom stereocenters. The minimum atomic E-state index is -0.503. The standard InChI is InChI=1S/C16H26BrN3O4/c1-7-23-15(22)12-8-18-20(14(12)24-10(2)3)9-13(17)16(5,6)19-11(4)21/h8,10,13H,7,9H2,1-6H3,(H,19,21). The van der Waals surface area contributed by atoms with Crippen LogP contribution in [0.1, 0.15) is 51.9 Å². The van der Waals surface area contributed by atoms with Gasteiger partial charge < -0.3 is 14.8 Å². The lowest BCUT2D eigenvalue weighted by molar-refractivity contribution is -0.120. The average Bonchev–Trinajstić information content (AvgIpc) is 2.79. The molecule has 1 N–H and O–H groups in total. The van der Waals surface area contributed by atoms with E-state index in [-0.39, 0.29) is 23.4 Å². The monoisotopic (exact) mass is 403 g/mol. The van der Waals surface area contributed by atoms with Crippen molar-refractivity contribution in [3.8, 4) is 5.88 Å². The van der Waals surface area contributed by atoms with Gasteiger partial charge in [0.25, 0.3) is 0 Å². The Hall–Kier alpha value is -1.57. The predicted octanol–water partition coefficient (Wildman–Crippen LogP) is 2.53. The molecule has 0 aliphatic carbocycles. The highest BCUT2D eigenvalue weighted by Crippen LogP contribution is 2.25. The number of hydrogen-bond acceptors (Lipinski definition) is 5. The fourth-order valence-corrected chi connectivity index (χ4v) is 2.50. The van der Waals surface area contributed by atoms with Crippen LogP contribution in [0.25, 0.3) is 0 Å². The van der Waals surface area contributed by atoms with Gasteiger partial charge >= 0.3 is 5.97 Å². The van der Waals surface area contributed by atoms with Gasteiger partial charge in [0.1, 0.15) is 5.56 Å². The molecule has 1 aromatic rings. The molecule has 8 heteroatoms. The van der Waals surface area contributed by atoms with E-state index < -0.39 is 11.5 Å². The van der Waals surface area contributed by atoms with Crippen molar-refractivity contribution < 1.29 is 19.1 Å². The van der Waals surface area contributed by atoms with Crippen molar-refractivity contribution in [3.05, 3.63) is 11.8 Å². The summed E-state index contributed by atoms with van der Waals surface area (Å²) in [6.07, 6.45) is 1.33. The van der Waals surface area contributed by atoms with Crippen molar-refractivity contribution in [2.24, 2.45) is 0 Å². The van der Waals surface area contributed by atoms with Crippen LogP contribution in [0.5, 0.6) is 5.88 Å². The van der Waals surface area contributed by atoms with Gasteiger partial charge in [-0.25, -0.2) is 9.48 Å². The highest BCUT2D eigenvalue weighted by Gasteiger charge is 2.31. The van der Waals surface area contributed by atoms with Crippen LogP contribution in [0.3, 0.4) is 0 Å². The number of ether oxygens (including phenoxy) is 2. The van der Waals surface area contributed by atoms with Crippen molar-refractivity contribution in [3.63, 3.8) is 0 Å². The van der Waals surface area contributed by atoms with Gasteiger partial charge in [0.05, 0.1) is 30.3 Å². The lowest BCUT2D eigenvalue weighted by atomic mass is 10.0. The third kappa shape index (κ3) is 5.51. The first-order valence-corrected chi connectivity index (χ1v) is 8.82. The molecule has 0 aliphatic rings. The molecule has 136 valence electrons. The first-order valence-electron chi connectivity index (χ1n) is 7.90. The number of nitrogens with zero attached hydrogens (tertiary/aromatic N) is 2. The maximum atomic E-state index is 12.1. The summed E-state index contributed by atoms with van der Waals surface area (Å²) < 4.78 is 12.4. The maximum absolute atomic E-state index is 12.1. The molecular weight excluding hydrogens is 378 g/mol. The summed E-state index contributed by atoms with van der Waals surface area (Å²) in [5.74, 6) is -0.214.